The lowest BCUT2D eigenvalue weighted by molar-refractivity contribution is -0.136. The minimum absolute atomic E-state index is 0.0490. The van der Waals surface area contributed by atoms with E-state index in [0.717, 1.165) is 16.0 Å². The van der Waals surface area contributed by atoms with Gasteiger partial charge in [0, 0.05) is 13.1 Å². The molecule has 2 aliphatic rings. The fraction of sp³-hybridized carbons (Fsp3) is 0.353. The van der Waals surface area contributed by atoms with Crippen LogP contribution in [0.3, 0.4) is 0 Å². The summed E-state index contributed by atoms with van der Waals surface area (Å²) in [5, 5.41) is 2.39. The molecule has 0 spiro atoms. The van der Waals surface area contributed by atoms with E-state index in [9.17, 15) is 18.8 Å². The second-order valence-corrected chi connectivity index (χ2v) is 5.88. The maximum absolute atomic E-state index is 13.2. The highest BCUT2D eigenvalue weighted by atomic mass is 19.1. The number of urea groups is 1. The van der Waals surface area contributed by atoms with Crippen molar-refractivity contribution < 1.29 is 18.8 Å². The molecule has 6 nitrogen and oxygen atoms in total. The number of halogens is 1. The van der Waals surface area contributed by atoms with Crippen LogP contribution in [0.4, 0.5) is 9.18 Å². The number of hydrogen-bond donors (Lipinski definition) is 1. The van der Waals surface area contributed by atoms with Crippen molar-refractivity contribution in [3.05, 3.63) is 41.2 Å². The number of likely N-dealkylation sites (tertiary alicyclic amines) is 1. The Balaban J connectivity index is 1.56. The van der Waals surface area contributed by atoms with E-state index < -0.39 is 6.03 Å². The molecule has 0 atom stereocenters. The van der Waals surface area contributed by atoms with E-state index >= 15 is 0 Å². The zero-order valence-corrected chi connectivity index (χ0v) is 13.1. The minimum Gasteiger partial charge on any atom is -0.341 e. The van der Waals surface area contributed by atoms with Gasteiger partial charge < -0.3 is 10.2 Å². The summed E-state index contributed by atoms with van der Waals surface area (Å²) in [6.07, 6.45) is 3.34. The van der Waals surface area contributed by atoms with Crippen molar-refractivity contribution in [1.82, 2.24) is 15.1 Å². The number of nitrogens with one attached hydrogen (secondary N) is 1. The van der Waals surface area contributed by atoms with E-state index in [2.05, 4.69) is 5.32 Å². The number of hydrogen-bond acceptors (Lipinski definition) is 3. The molecule has 126 valence electrons. The molecular weight excluding hydrogens is 313 g/mol. The molecule has 24 heavy (non-hydrogen) atoms. The molecule has 2 fully saturated rings. The molecule has 0 aliphatic carbocycles. The number of imide groups is 1. The highest BCUT2D eigenvalue weighted by Crippen LogP contribution is 2.20. The van der Waals surface area contributed by atoms with Gasteiger partial charge in [-0.15, -0.1) is 0 Å². The first kappa shape index (κ1) is 16.2. The third-order valence-corrected chi connectivity index (χ3v) is 4.21. The summed E-state index contributed by atoms with van der Waals surface area (Å²) in [5.41, 5.74) is 1.96. The van der Waals surface area contributed by atoms with Gasteiger partial charge in [-0.1, -0.05) is 23.8 Å². The average Bonchev–Trinajstić information content (AvgIpc) is 2.87. The molecule has 1 aromatic rings. The zero-order chi connectivity index (χ0) is 17.1. The van der Waals surface area contributed by atoms with Gasteiger partial charge >= 0.3 is 6.03 Å². The lowest BCUT2D eigenvalue weighted by Crippen LogP contribution is -2.45. The Kier molecular flexibility index (Phi) is 4.59. The molecule has 1 aromatic carbocycles. The highest BCUT2D eigenvalue weighted by molar-refractivity contribution is 6.04. The van der Waals surface area contributed by atoms with Crippen LogP contribution in [-0.2, 0) is 9.59 Å². The number of benzene rings is 1. The summed E-state index contributed by atoms with van der Waals surface area (Å²) in [4.78, 5) is 37.8. The van der Waals surface area contributed by atoms with E-state index in [1.54, 1.807) is 11.0 Å². The molecule has 3 rings (SSSR count). The first-order valence-electron chi connectivity index (χ1n) is 7.84. The van der Waals surface area contributed by atoms with Crippen LogP contribution in [0.25, 0.3) is 6.08 Å². The SMILES string of the molecule is O=C(CN1C(=O)CNC1=O)N1CCC(=Cc2cccc(F)c2)CC1. The molecule has 0 aromatic heterocycles. The number of carbonyl (C=O) groups is 3. The predicted molar refractivity (Wildman–Crippen MR) is 85.3 cm³/mol. The maximum Gasteiger partial charge on any atom is 0.325 e. The van der Waals surface area contributed by atoms with Crippen LogP contribution < -0.4 is 5.32 Å². The van der Waals surface area contributed by atoms with E-state index in [0.29, 0.717) is 25.9 Å². The molecule has 0 bridgehead atoms. The van der Waals surface area contributed by atoms with Crippen molar-refractivity contribution in [2.24, 2.45) is 0 Å². The van der Waals surface area contributed by atoms with Crippen LogP contribution in [0.1, 0.15) is 18.4 Å². The Bertz CT molecular complexity index is 691. The van der Waals surface area contributed by atoms with Crippen LogP contribution in [-0.4, -0.2) is 53.8 Å². The maximum atomic E-state index is 13.2. The van der Waals surface area contributed by atoms with Crippen LogP contribution >= 0.6 is 0 Å². The molecule has 2 heterocycles. The van der Waals surface area contributed by atoms with Crippen molar-refractivity contribution in [2.75, 3.05) is 26.2 Å². The summed E-state index contributed by atoms with van der Waals surface area (Å²) in [6, 6.07) is 5.86. The van der Waals surface area contributed by atoms with Gasteiger partial charge in [0.15, 0.2) is 0 Å². The van der Waals surface area contributed by atoms with Crippen molar-refractivity contribution in [2.45, 2.75) is 12.8 Å². The van der Waals surface area contributed by atoms with E-state index in [1.807, 2.05) is 12.1 Å². The molecule has 2 saturated heterocycles. The fourth-order valence-electron chi connectivity index (χ4n) is 2.87. The van der Waals surface area contributed by atoms with Crippen molar-refractivity contribution in [3.8, 4) is 0 Å². The third kappa shape index (κ3) is 3.61. The minimum atomic E-state index is -0.517. The second kappa shape index (κ2) is 6.82. The van der Waals surface area contributed by atoms with Crippen molar-refractivity contribution >= 4 is 23.9 Å². The number of piperidine rings is 1. The number of carbonyl (C=O) groups excluding carboxylic acids is 3. The van der Waals surface area contributed by atoms with Gasteiger partial charge in [0.05, 0.1) is 6.54 Å². The number of rotatable bonds is 3. The molecule has 0 unspecified atom stereocenters. The predicted octanol–water partition coefficient (Wildman–Crippen LogP) is 1.38. The summed E-state index contributed by atoms with van der Waals surface area (Å²) >= 11 is 0. The van der Waals surface area contributed by atoms with E-state index in [4.69, 9.17) is 0 Å². The second-order valence-electron chi connectivity index (χ2n) is 5.88. The Morgan fingerprint density at radius 1 is 1.25 bits per heavy atom. The summed E-state index contributed by atoms with van der Waals surface area (Å²) in [7, 11) is 0. The fourth-order valence-corrected chi connectivity index (χ4v) is 2.87. The first-order chi connectivity index (χ1) is 11.5. The molecule has 4 amide bonds. The smallest absolute Gasteiger partial charge is 0.325 e. The van der Waals surface area contributed by atoms with Gasteiger partial charge in [-0.05, 0) is 30.5 Å². The Hall–Kier alpha value is -2.70. The molecule has 7 heteroatoms. The van der Waals surface area contributed by atoms with E-state index in [1.165, 1.54) is 12.1 Å². The summed E-state index contributed by atoms with van der Waals surface area (Å²) in [6.45, 7) is 0.799. The van der Waals surface area contributed by atoms with Crippen LogP contribution in [0, 0.1) is 5.82 Å². The highest BCUT2D eigenvalue weighted by Gasteiger charge is 2.32. The Morgan fingerprint density at radius 2 is 2.00 bits per heavy atom. The average molecular weight is 331 g/mol. The van der Waals surface area contributed by atoms with Gasteiger partial charge in [-0.25, -0.2) is 9.18 Å². The largest absolute Gasteiger partial charge is 0.341 e. The van der Waals surface area contributed by atoms with Gasteiger partial charge in [0.2, 0.25) is 5.91 Å². The van der Waals surface area contributed by atoms with Gasteiger partial charge in [-0.3, -0.25) is 14.5 Å². The standard InChI is InChI=1S/C17H18FN3O3/c18-14-3-1-2-13(9-14)8-12-4-6-20(7-5-12)16(23)11-21-15(22)10-19-17(21)24/h1-3,8-9H,4-7,10-11H2,(H,19,24). The van der Waals surface area contributed by atoms with Crippen LogP contribution in [0.5, 0.6) is 0 Å². The Labute approximate surface area is 138 Å². The van der Waals surface area contributed by atoms with Gasteiger partial charge in [-0.2, -0.15) is 0 Å². The van der Waals surface area contributed by atoms with Gasteiger partial charge in [0.1, 0.15) is 12.4 Å². The number of nitrogens with zero attached hydrogens (tertiary/aromatic N) is 2. The normalized spacial score (nSPS) is 18.0. The van der Waals surface area contributed by atoms with E-state index in [-0.39, 0.29) is 30.7 Å². The summed E-state index contributed by atoms with van der Waals surface area (Å²) in [5.74, 6) is -0.882. The topological polar surface area (TPSA) is 69.7 Å². The molecule has 0 radical (unpaired) electrons. The molecule has 0 saturated carbocycles. The van der Waals surface area contributed by atoms with Crippen LogP contribution in [0.15, 0.2) is 29.8 Å². The zero-order valence-electron chi connectivity index (χ0n) is 13.1. The monoisotopic (exact) mass is 331 g/mol. The first-order valence-corrected chi connectivity index (χ1v) is 7.84. The quantitative estimate of drug-likeness (QED) is 0.851. The van der Waals surface area contributed by atoms with Crippen LogP contribution in [0.2, 0.25) is 0 Å². The third-order valence-electron chi connectivity index (χ3n) is 4.21. The Morgan fingerprint density at radius 3 is 2.62 bits per heavy atom. The lowest BCUT2D eigenvalue weighted by Gasteiger charge is -2.29. The molecular formula is C17H18FN3O3. The molecule has 1 N–H and O–H groups in total. The van der Waals surface area contributed by atoms with Gasteiger partial charge in [0.25, 0.3) is 5.91 Å². The number of amides is 4. The summed E-state index contributed by atoms with van der Waals surface area (Å²) < 4.78 is 13.2. The lowest BCUT2D eigenvalue weighted by atomic mass is 10.0. The van der Waals surface area contributed by atoms with Crippen molar-refractivity contribution in [3.63, 3.8) is 0 Å². The molecule has 2 aliphatic heterocycles. The van der Waals surface area contributed by atoms with Crippen molar-refractivity contribution in [1.29, 1.82) is 0 Å².